The lowest BCUT2D eigenvalue weighted by atomic mass is 10.2. The van der Waals surface area contributed by atoms with Gasteiger partial charge >= 0.3 is 6.18 Å². The van der Waals surface area contributed by atoms with Gasteiger partial charge in [0.25, 0.3) is 0 Å². The van der Waals surface area contributed by atoms with Crippen LogP contribution in [-0.2, 0) is 12.8 Å². The minimum Gasteiger partial charge on any atom is -0.439 e. The molecule has 0 radical (unpaired) electrons. The van der Waals surface area contributed by atoms with Crippen molar-refractivity contribution in [1.29, 1.82) is 0 Å². The smallest absolute Gasteiger partial charge is 0.416 e. The Kier molecular flexibility index (Phi) is 4.15. The molecule has 106 valence electrons. The first-order chi connectivity index (χ1) is 9.40. The summed E-state index contributed by atoms with van der Waals surface area (Å²) < 4.78 is 42.9. The van der Waals surface area contributed by atoms with E-state index in [2.05, 4.69) is 4.98 Å². The van der Waals surface area contributed by atoms with Crippen molar-refractivity contribution in [3.05, 3.63) is 52.7 Å². The molecule has 0 aliphatic rings. The van der Waals surface area contributed by atoms with Crippen LogP contribution in [0.3, 0.4) is 0 Å². The summed E-state index contributed by atoms with van der Waals surface area (Å²) in [5.74, 6) is 0.0521. The first-order valence-corrected chi connectivity index (χ1v) is 5.88. The molecule has 0 bridgehead atoms. The summed E-state index contributed by atoms with van der Waals surface area (Å²) in [5, 5.41) is 9.30. The van der Waals surface area contributed by atoms with E-state index >= 15 is 0 Å². The fraction of sp³-hybridized carbons (Fsp3) is 0.154. The molecule has 7 heteroatoms. The summed E-state index contributed by atoms with van der Waals surface area (Å²) in [5.41, 5.74) is -0.435. The van der Waals surface area contributed by atoms with Crippen LogP contribution in [0.25, 0.3) is 0 Å². The molecule has 1 heterocycles. The van der Waals surface area contributed by atoms with Gasteiger partial charge < -0.3 is 9.84 Å². The zero-order valence-corrected chi connectivity index (χ0v) is 10.7. The summed E-state index contributed by atoms with van der Waals surface area (Å²) in [6.07, 6.45) is -3.18. The minimum atomic E-state index is -4.44. The standard InChI is InChI=1S/C13H9ClF3NO2/c14-11-6-18-12(4-8(11)7-19)20-10-3-1-2-9(5-10)13(15,16)17/h1-6,19H,7H2. The third-order valence-electron chi connectivity index (χ3n) is 2.46. The highest BCUT2D eigenvalue weighted by molar-refractivity contribution is 6.31. The van der Waals surface area contributed by atoms with E-state index in [-0.39, 0.29) is 23.3 Å². The second-order valence-corrected chi connectivity index (χ2v) is 4.31. The SMILES string of the molecule is OCc1cc(Oc2cccc(C(F)(F)F)c2)ncc1Cl. The predicted molar refractivity (Wildman–Crippen MR) is 66.7 cm³/mol. The molecular formula is C13H9ClF3NO2. The van der Waals surface area contributed by atoms with Crippen LogP contribution in [0.1, 0.15) is 11.1 Å². The van der Waals surface area contributed by atoms with E-state index in [1.165, 1.54) is 24.4 Å². The molecule has 0 saturated heterocycles. The largest absolute Gasteiger partial charge is 0.439 e. The molecule has 3 nitrogen and oxygen atoms in total. The number of nitrogens with zero attached hydrogens (tertiary/aromatic N) is 1. The molecule has 0 amide bonds. The lowest BCUT2D eigenvalue weighted by Crippen LogP contribution is -2.04. The van der Waals surface area contributed by atoms with Gasteiger partial charge in [-0.05, 0) is 18.2 Å². The van der Waals surface area contributed by atoms with E-state index in [1.807, 2.05) is 0 Å². The van der Waals surface area contributed by atoms with Crippen LogP contribution in [0.5, 0.6) is 11.6 Å². The summed E-state index contributed by atoms with van der Waals surface area (Å²) in [4.78, 5) is 3.83. The average Bonchev–Trinajstić information content (AvgIpc) is 2.40. The van der Waals surface area contributed by atoms with Gasteiger partial charge in [0.15, 0.2) is 0 Å². The molecule has 0 atom stereocenters. The van der Waals surface area contributed by atoms with Crippen molar-refractivity contribution in [2.75, 3.05) is 0 Å². The van der Waals surface area contributed by atoms with Gasteiger partial charge in [0.2, 0.25) is 5.88 Å². The Labute approximate surface area is 117 Å². The number of hydrogen-bond acceptors (Lipinski definition) is 3. The summed E-state index contributed by atoms with van der Waals surface area (Å²) >= 11 is 5.76. The van der Waals surface area contributed by atoms with Gasteiger partial charge in [0.1, 0.15) is 5.75 Å². The van der Waals surface area contributed by atoms with Crippen LogP contribution in [-0.4, -0.2) is 10.1 Å². The van der Waals surface area contributed by atoms with Crippen molar-refractivity contribution >= 4 is 11.6 Å². The summed E-state index contributed by atoms with van der Waals surface area (Å²) in [7, 11) is 0. The number of pyridine rings is 1. The summed E-state index contributed by atoms with van der Waals surface area (Å²) in [6, 6.07) is 5.80. The van der Waals surface area contributed by atoms with Crippen LogP contribution in [0.2, 0.25) is 5.02 Å². The molecular weight excluding hydrogens is 295 g/mol. The zero-order valence-electron chi connectivity index (χ0n) is 9.99. The first-order valence-electron chi connectivity index (χ1n) is 5.50. The number of hydrogen-bond donors (Lipinski definition) is 1. The van der Waals surface area contributed by atoms with Crippen molar-refractivity contribution in [1.82, 2.24) is 4.98 Å². The molecule has 0 aliphatic heterocycles. The Bertz CT molecular complexity index is 617. The van der Waals surface area contributed by atoms with Crippen LogP contribution < -0.4 is 4.74 Å². The van der Waals surface area contributed by atoms with E-state index < -0.39 is 11.7 Å². The highest BCUT2D eigenvalue weighted by atomic mass is 35.5. The van der Waals surface area contributed by atoms with Crippen molar-refractivity contribution in [3.8, 4) is 11.6 Å². The van der Waals surface area contributed by atoms with Crippen molar-refractivity contribution in [2.24, 2.45) is 0 Å². The van der Waals surface area contributed by atoms with Crippen LogP contribution >= 0.6 is 11.6 Å². The van der Waals surface area contributed by atoms with Crippen LogP contribution in [0, 0.1) is 0 Å². The molecule has 1 N–H and O–H groups in total. The third-order valence-corrected chi connectivity index (χ3v) is 2.80. The Hall–Kier alpha value is -1.79. The van der Waals surface area contributed by atoms with Gasteiger partial charge in [-0.2, -0.15) is 13.2 Å². The molecule has 0 spiro atoms. The first kappa shape index (κ1) is 14.6. The molecule has 2 rings (SSSR count). The molecule has 0 fully saturated rings. The van der Waals surface area contributed by atoms with Gasteiger partial charge in [-0.1, -0.05) is 17.7 Å². The van der Waals surface area contributed by atoms with Crippen molar-refractivity contribution in [2.45, 2.75) is 12.8 Å². The normalized spacial score (nSPS) is 11.4. The number of ether oxygens (including phenoxy) is 1. The monoisotopic (exact) mass is 303 g/mol. The van der Waals surface area contributed by atoms with Crippen LogP contribution in [0.15, 0.2) is 36.5 Å². The van der Waals surface area contributed by atoms with E-state index in [1.54, 1.807) is 0 Å². The molecule has 1 aromatic carbocycles. The van der Waals surface area contributed by atoms with Gasteiger partial charge in [0.05, 0.1) is 17.2 Å². The highest BCUT2D eigenvalue weighted by Crippen LogP contribution is 2.32. The number of aliphatic hydroxyl groups is 1. The van der Waals surface area contributed by atoms with Gasteiger partial charge in [-0.3, -0.25) is 0 Å². The van der Waals surface area contributed by atoms with Gasteiger partial charge in [-0.25, -0.2) is 4.98 Å². The molecule has 1 aromatic heterocycles. The maximum atomic E-state index is 12.6. The molecule has 20 heavy (non-hydrogen) atoms. The van der Waals surface area contributed by atoms with Crippen LogP contribution in [0.4, 0.5) is 13.2 Å². The molecule has 0 aliphatic carbocycles. The van der Waals surface area contributed by atoms with Crippen molar-refractivity contribution < 1.29 is 23.0 Å². The fourth-order valence-electron chi connectivity index (χ4n) is 1.49. The topological polar surface area (TPSA) is 42.4 Å². The lowest BCUT2D eigenvalue weighted by Gasteiger charge is -2.10. The lowest BCUT2D eigenvalue weighted by molar-refractivity contribution is -0.137. The molecule has 2 aromatic rings. The Morgan fingerprint density at radius 3 is 2.65 bits per heavy atom. The second kappa shape index (κ2) is 5.68. The maximum Gasteiger partial charge on any atom is 0.416 e. The summed E-state index contributed by atoms with van der Waals surface area (Å²) in [6.45, 7) is -0.319. The third kappa shape index (κ3) is 3.40. The Morgan fingerprint density at radius 2 is 2.00 bits per heavy atom. The fourth-order valence-corrected chi connectivity index (χ4v) is 1.66. The van der Waals surface area contributed by atoms with E-state index in [0.717, 1.165) is 12.1 Å². The van der Waals surface area contributed by atoms with E-state index in [0.29, 0.717) is 5.56 Å². The number of halogens is 4. The average molecular weight is 304 g/mol. The molecule has 0 unspecified atom stereocenters. The van der Waals surface area contributed by atoms with Crippen molar-refractivity contribution in [3.63, 3.8) is 0 Å². The number of alkyl halides is 3. The van der Waals surface area contributed by atoms with E-state index in [9.17, 15) is 13.2 Å². The second-order valence-electron chi connectivity index (χ2n) is 3.90. The quantitative estimate of drug-likeness (QED) is 0.930. The predicted octanol–water partition coefficient (Wildman–Crippen LogP) is 4.04. The number of aromatic nitrogens is 1. The minimum absolute atomic E-state index is 0.00135. The van der Waals surface area contributed by atoms with Gasteiger partial charge in [-0.15, -0.1) is 0 Å². The highest BCUT2D eigenvalue weighted by Gasteiger charge is 2.30. The van der Waals surface area contributed by atoms with Gasteiger partial charge in [0, 0.05) is 17.8 Å². The zero-order chi connectivity index (χ0) is 14.8. The Balaban J connectivity index is 2.26. The van der Waals surface area contributed by atoms with E-state index in [4.69, 9.17) is 21.4 Å². The Morgan fingerprint density at radius 1 is 1.25 bits per heavy atom. The number of aliphatic hydroxyl groups excluding tert-OH is 1. The number of rotatable bonds is 3. The maximum absolute atomic E-state index is 12.6. The number of benzene rings is 1. The molecule has 0 saturated carbocycles.